The van der Waals surface area contributed by atoms with Crippen molar-refractivity contribution in [3.05, 3.63) is 35.4 Å². The van der Waals surface area contributed by atoms with Gasteiger partial charge in [0.15, 0.2) is 0 Å². The number of hydrogen-bond acceptors (Lipinski definition) is 1. The van der Waals surface area contributed by atoms with Gasteiger partial charge in [-0.3, -0.25) is 0 Å². The first-order valence-electron chi connectivity index (χ1n) is 9.36. The number of unbranched alkanes of at least 4 members (excludes halogenated alkanes) is 3. The van der Waals surface area contributed by atoms with Gasteiger partial charge in [0.2, 0.25) is 0 Å². The molecule has 0 aromatic heterocycles. The summed E-state index contributed by atoms with van der Waals surface area (Å²) >= 11 is -2.00. The predicted octanol–water partition coefficient (Wildman–Crippen LogP) is 7.57. The number of hydrogen-bond donors (Lipinski definition) is 0. The van der Waals surface area contributed by atoms with Gasteiger partial charge in [-0.2, -0.15) is 0 Å². The minimum atomic E-state index is -2.00. The fraction of sp³-hybridized carbons (Fsp3) is 0.700. The van der Waals surface area contributed by atoms with Crippen molar-refractivity contribution >= 4 is 25.9 Å². The Morgan fingerprint density at radius 2 is 1.32 bits per heavy atom. The quantitative estimate of drug-likeness (QED) is 0.310. The molecule has 1 aromatic carbocycles. The third-order valence-electron chi connectivity index (χ3n) is 4.75. The van der Waals surface area contributed by atoms with E-state index in [9.17, 15) is 0 Å². The maximum atomic E-state index is 2.47. The van der Waals surface area contributed by atoms with Gasteiger partial charge in [0, 0.05) is 0 Å². The second-order valence-corrected chi connectivity index (χ2v) is 26.6. The molecule has 0 aliphatic heterocycles. The summed E-state index contributed by atoms with van der Waals surface area (Å²) in [7, 11) is 2.47. The zero-order chi connectivity index (χ0) is 16.3. The van der Waals surface area contributed by atoms with Crippen molar-refractivity contribution in [2.45, 2.75) is 85.3 Å². The Morgan fingerprint density at radius 1 is 0.818 bits per heavy atom. The van der Waals surface area contributed by atoms with Crippen LogP contribution in [0.5, 0.6) is 0 Å². The van der Waals surface area contributed by atoms with Crippen LogP contribution in [-0.4, -0.2) is 17.0 Å². The molecule has 0 aliphatic rings. The molecule has 0 fully saturated rings. The first kappa shape index (κ1) is 20.4. The van der Waals surface area contributed by atoms with Gasteiger partial charge in [0.05, 0.1) is 0 Å². The SMILES string of the molecule is CCC[CH2][Sn]([CH2]CCC)([CH2]CCC)[S]Cc1ccccc1C. The van der Waals surface area contributed by atoms with E-state index in [0.29, 0.717) is 0 Å². The van der Waals surface area contributed by atoms with Gasteiger partial charge in [0.25, 0.3) is 0 Å². The molecule has 22 heavy (non-hydrogen) atoms. The number of aryl methyl sites for hydroxylation is 1. The van der Waals surface area contributed by atoms with Crippen LogP contribution in [0, 0.1) is 6.92 Å². The molecule has 0 saturated heterocycles. The summed E-state index contributed by atoms with van der Waals surface area (Å²) in [5.74, 6) is 1.28. The van der Waals surface area contributed by atoms with Gasteiger partial charge >= 0.3 is 147 Å². The van der Waals surface area contributed by atoms with Gasteiger partial charge in [-0.1, -0.05) is 0 Å². The van der Waals surface area contributed by atoms with Gasteiger partial charge in [0.1, 0.15) is 0 Å². The Hall–Kier alpha value is 0.369. The molecular formula is C20H36SSn. The zero-order valence-electron chi connectivity index (χ0n) is 15.3. The van der Waals surface area contributed by atoms with E-state index in [1.54, 1.807) is 18.9 Å². The van der Waals surface area contributed by atoms with Crippen LogP contribution in [0.15, 0.2) is 24.3 Å². The van der Waals surface area contributed by atoms with Crippen LogP contribution in [0.1, 0.15) is 70.4 Å². The Morgan fingerprint density at radius 3 is 1.77 bits per heavy atom. The van der Waals surface area contributed by atoms with E-state index < -0.39 is 17.0 Å². The molecule has 0 aliphatic carbocycles. The van der Waals surface area contributed by atoms with Crippen LogP contribution in [0.4, 0.5) is 0 Å². The molecule has 0 atom stereocenters. The fourth-order valence-corrected chi connectivity index (χ4v) is 25.6. The second-order valence-electron chi connectivity index (χ2n) is 6.71. The summed E-state index contributed by atoms with van der Waals surface area (Å²) in [6, 6.07) is 9.01. The van der Waals surface area contributed by atoms with E-state index in [2.05, 4.69) is 60.9 Å². The van der Waals surface area contributed by atoms with Gasteiger partial charge in [-0.25, -0.2) is 0 Å². The van der Waals surface area contributed by atoms with Crippen molar-refractivity contribution in [2.24, 2.45) is 0 Å². The molecule has 0 saturated carbocycles. The van der Waals surface area contributed by atoms with E-state index in [1.807, 2.05) is 0 Å². The minimum absolute atomic E-state index is 1.28. The molecule has 0 amide bonds. The molecule has 126 valence electrons. The summed E-state index contributed by atoms with van der Waals surface area (Å²) in [5, 5.41) is 0. The third kappa shape index (κ3) is 7.29. The summed E-state index contributed by atoms with van der Waals surface area (Å²) in [6.45, 7) is 9.37. The third-order valence-corrected chi connectivity index (χ3v) is 27.2. The molecule has 0 bridgehead atoms. The maximum absolute atomic E-state index is 2.47. The Kier molecular flexibility index (Phi) is 11.0. The van der Waals surface area contributed by atoms with E-state index in [0.717, 1.165) is 0 Å². The Bertz CT molecular complexity index is 381. The van der Waals surface area contributed by atoms with Crippen molar-refractivity contribution in [3.63, 3.8) is 0 Å². The summed E-state index contributed by atoms with van der Waals surface area (Å²) in [4.78, 5) is 0. The first-order chi connectivity index (χ1) is 10.7. The van der Waals surface area contributed by atoms with E-state index >= 15 is 0 Å². The summed E-state index contributed by atoms with van der Waals surface area (Å²) < 4.78 is 4.84. The fourth-order valence-electron chi connectivity index (χ4n) is 3.09. The van der Waals surface area contributed by atoms with Crippen molar-refractivity contribution in [1.29, 1.82) is 0 Å². The van der Waals surface area contributed by atoms with Crippen LogP contribution in [-0.2, 0) is 5.75 Å². The molecule has 1 aromatic rings. The van der Waals surface area contributed by atoms with Crippen molar-refractivity contribution in [1.82, 2.24) is 0 Å². The molecule has 0 nitrogen and oxygen atoms in total. The van der Waals surface area contributed by atoms with Crippen LogP contribution in [0.25, 0.3) is 0 Å². The van der Waals surface area contributed by atoms with Crippen LogP contribution in [0.3, 0.4) is 0 Å². The van der Waals surface area contributed by atoms with Gasteiger partial charge < -0.3 is 0 Å². The van der Waals surface area contributed by atoms with Gasteiger partial charge in [-0.05, 0) is 0 Å². The van der Waals surface area contributed by atoms with Crippen molar-refractivity contribution in [3.8, 4) is 0 Å². The molecular weight excluding hydrogens is 391 g/mol. The Balaban J connectivity index is 2.78. The zero-order valence-corrected chi connectivity index (χ0v) is 19.0. The molecule has 0 N–H and O–H groups in total. The molecule has 0 unspecified atom stereocenters. The molecule has 0 heterocycles. The van der Waals surface area contributed by atoms with Crippen molar-refractivity contribution in [2.75, 3.05) is 0 Å². The average molecular weight is 427 g/mol. The number of rotatable bonds is 12. The molecule has 0 radical (unpaired) electrons. The van der Waals surface area contributed by atoms with E-state index in [1.165, 1.54) is 49.8 Å². The topological polar surface area (TPSA) is 0 Å². The monoisotopic (exact) mass is 428 g/mol. The predicted molar refractivity (Wildman–Crippen MR) is 107 cm³/mol. The summed E-state index contributed by atoms with van der Waals surface area (Å²) in [5.41, 5.74) is 3.06. The first-order valence-corrected chi connectivity index (χ1v) is 19.9. The number of benzene rings is 1. The van der Waals surface area contributed by atoms with E-state index in [-0.39, 0.29) is 0 Å². The average Bonchev–Trinajstić information content (AvgIpc) is 2.55. The van der Waals surface area contributed by atoms with Crippen LogP contribution >= 0.6 is 8.95 Å². The van der Waals surface area contributed by atoms with Crippen LogP contribution in [0.2, 0.25) is 13.3 Å². The van der Waals surface area contributed by atoms with E-state index in [4.69, 9.17) is 0 Å². The molecule has 1 rings (SSSR count). The normalized spacial score (nSPS) is 11.8. The second kappa shape index (κ2) is 11.8. The van der Waals surface area contributed by atoms with Gasteiger partial charge in [-0.15, -0.1) is 0 Å². The Labute approximate surface area is 146 Å². The standard InChI is InChI=1S/C8H10S.3C4H9.Sn/c1-7-4-2-3-5-8(7)6-9;3*1-3-4-2;/h2-5,9H,6H2,1H3;3*1,3-4H2,2H3;/q;;;;+1/p-1. The molecule has 2 heteroatoms. The van der Waals surface area contributed by atoms with Crippen molar-refractivity contribution < 1.29 is 0 Å². The summed E-state index contributed by atoms with van der Waals surface area (Å²) in [6.07, 6.45) is 8.56. The molecule has 0 spiro atoms. The van der Waals surface area contributed by atoms with Crippen LogP contribution < -0.4 is 0 Å².